The summed E-state index contributed by atoms with van der Waals surface area (Å²) in [6.45, 7) is 0. The number of hydrogen-bond donors (Lipinski definition) is 0. The Balaban J connectivity index is 1.73. The quantitative estimate of drug-likeness (QED) is 0.189. The van der Waals surface area contributed by atoms with E-state index in [0.29, 0.717) is 14.4 Å². The molecule has 0 fully saturated rings. The van der Waals surface area contributed by atoms with E-state index in [1.807, 2.05) is 0 Å². The fraction of sp³-hybridized carbons (Fsp3) is 0. The second kappa shape index (κ2) is 10.7. The van der Waals surface area contributed by atoms with E-state index >= 15 is 0 Å². The molecule has 182 valence electrons. The van der Waals surface area contributed by atoms with Gasteiger partial charge in [0.2, 0.25) is 0 Å². The van der Waals surface area contributed by atoms with E-state index < -0.39 is 21.9 Å². The van der Waals surface area contributed by atoms with Crippen LogP contribution in [0.15, 0.2) is 102 Å². The summed E-state index contributed by atoms with van der Waals surface area (Å²) in [4.78, 5) is 25.8. The van der Waals surface area contributed by atoms with Crippen LogP contribution in [0.4, 0.5) is 5.69 Å². The summed E-state index contributed by atoms with van der Waals surface area (Å²) in [5, 5.41) is 0.768. The minimum Gasteiger partial charge on any atom is -0.421 e. The summed E-state index contributed by atoms with van der Waals surface area (Å²) in [7, 11) is -4.34. The van der Waals surface area contributed by atoms with Crippen molar-refractivity contribution in [2.75, 3.05) is 4.31 Å². The van der Waals surface area contributed by atoms with E-state index in [-0.39, 0.29) is 32.5 Å². The zero-order chi connectivity index (χ0) is 25.9. The molecule has 0 N–H and O–H groups in total. The maximum atomic E-state index is 13.5. The van der Waals surface area contributed by atoms with Crippen molar-refractivity contribution in [2.45, 2.75) is 4.90 Å². The van der Waals surface area contributed by atoms with E-state index in [4.69, 9.17) is 39.5 Å². The normalized spacial score (nSPS) is 11.1. The second-order valence-electron chi connectivity index (χ2n) is 7.41. The summed E-state index contributed by atoms with van der Waals surface area (Å²) in [5.74, 6) is -1.53. The van der Waals surface area contributed by atoms with Crippen molar-refractivity contribution in [1.82, 2.24) is 0 Å². The molecule has 0 aliphatic carbocycles. The lowest BCUT2D eigenvalue weighted by Crippen LogP contribution is -2.37. The van der Waals surface area contributed by atoms with Crippen molar-refractivity contribution in [2.24, 2.45) is 0 Å². The first-order valence-corrected chi connectivity index (χ1v) is 12.9. The Hall–Kier alpha value is -3.36. The van der Waals surface area contributed by atoms with Crippen LogP contribution in [0, 0.1) is 0 Å². The maximum Gasteiger partial charge on any atom is 0.343 e. The zero-order valence-electron chi connectivity index (χ0n) is 18.3. The van der Waals surface area contributed by atoms with Crippen LogP contribution in [0.2, 0.25) is 15.1 Å². The Kier molecular flexibility index (Phi) is 7.66. The smallest absolute Gasteiger partial charge is 0.343 e. The molecule has 0 radical (unpaired) electrons. The van der Waals surface area contributed by atoms with Crippen molar-refractivity contribution < 1.29 is 22.7 Å². The SMILES string of the molecule is O=C(Oc1ccc(N(C(=O)c2ccc(Cl)cc2)S(=O)(=O)c2ccccc2)cc1Cl)c1ccc(Cl)cc1. The molecule has 0 aliphatic heterocycles. The van der Waals surface area contributed by atoms with Crippen LogP contribution in [0.3, 0.4) is 0 Å². The van der Waals surface area contributed by atoms with Crippen molar-refractivity contribution in [3.8, 4) is 5.75 Å². The highest BCUT2D eigenvalue weighted by Crippen LogP contribution is 2.34. The Morgan fingerprint density at radius 2 is 1.25 bits per heavy atom. The standard InChI is InChI=1S/C26H16Cl3NO5S/c27-19-10-6-17(7-11-19)25(31)30(36(33,34)22-4-2-1-3-5-22)21-14-15-24(23(29)16-21)35-26(32)18-8-12-20(28)13-9-18/h1-16H. The molecule has 0 saturated carbocycles. The first-order chi connectivity index (χ1) is 17.2. The molecule has 4 rings (SSSR count). The first-order valence-electron chi connectivity index (χ1n) is 10.3. The molecule has 6 nitrogen and oxygen atoms in total. The molecule has 0 atom stereocenters. The summed E-state index contributed by atoms with van der Waals surface area (Å²) >= 11 is 18.1. The number of benzene rings is 4. The molecule has 4 aromatic carbocycles. The van der Waals surface area contributed by atoms with Gasteiger partial charge in [0.15, 0.2) is 0 Å². The van der Waals surface area contributed by atoms with Gasteiger partial charge in [-0.25, -0.2) is 13.2 Å². The molecular weight excluding hydrogens is 545 g/mol. The van der Waals surface area contributed by atoms with E-state index in [0.717, 1.165) is 0 Å². The van der Waals surface area contributed by atoms with Crippen LogP contribution >= 0.6 is 34.8 Å². The number of carbonyl (C=O) groups is 2. The fourth-order valence-corrected chi connectivity index (χ4v) is 5.11. The lowest BCUT2D eigenvalue weighted by Gasteiger charge is -2.23. The number of carbonyl (C=O) groups excluding carboxylic acids is 2. The molecule has 36 heavy (non-hydrogen) atoms. The van der Waals surface area contributed by atoms with Crippen LogP contribution in [0.1, 0.15) is 20.7 Å². The number of halogens is 3. The van der Waals surface area contributed by atoms with Gasteiger partial charge in [0.05, 0.1) is 21.2 Å². The highest BCUT2D eigenvalue weighted by atomic mass is 35.5. The predicted octanol–water partition coefficient (Wildman–Crippen LogP) is 6.90. The van der Waals surface area contributed by atoms with E-state index in [9.17, 15) is 18.0 Å². The second-order valence-corrected chi connectivity index (χ2v) is 10.5. The summed E-state index contributed by atoms with van der Waals surface area (Å²) in [6.07, 6.45) is 0. The van der Waals surface area contributed by atoms with Crippen molar-refractivity contribution in [1.29, 1.82) is 0 Å². The number of esters is 1. The lowest BCUT2D eigenvalue weighted by molar-refractivity contribution is 0.0734. The Bertz CT molecular complexity index is 1520. The number of hydrogen-bond acceptors (Lipinski definition) is 5. The number of nitrogens with zero attached hydrogens (tertiary/aromatic N) is 1. The Morgan fingerprint density at radius 3 is 1.81 bits per heavy atom. The lowest BCUT2D eigenvalue weighted by atomic mass is 10.2. The largest absolute Gasteiger partial charge is 0.421 e. The third-order valence-corrected chi connectivity index (χ3v) is 7.51. The van der Waals surface area contributed by atoms with Crippen molar-refractivity contribution in [3.63, 3.8) is 0 Å². The molecule has 0 saturated heterocycles. The molecule has 1 amide bonds. The molecule has 0 unspecified atom stereocenters. The van der Waals surface area contributed by atoms with Gasteiger partial charge in [-0.05, 0) is 78.9 Å². The van der Waals surface area contributed by atoms with E-state index in [2.05, 4.69) is 0 Å². The number of sulfonamides is 1. The molecular formula is C26H16Cl3NO5S. The molecule has 10 heteroatoms. The van der Waals surface area contributed by atoms with Gasteiger partial charge in [0.25, 0.3) is 15.9 Å². The summed E-state index contributed by atoms with van der Waals surface area (Å²) in [5.41, 5.74) is 0.286. The van der Waals surface area contributed by atoms with Gasteiger partial charge in [-0.2, -0.15) is 4.31 Å². The fourth-order valence-electron chi connectivity index (χ4n) is 3.22. The number of amides is 1. The van der Waals surface area contributed by atoms with Gasteiger partial charge in [-0.15, -0.1) is 0 Å². The highest BCUT2D eigenvalue weighted by molar-refractivity contribution is 7.93. The zero-order valence-corrected chi connectivity index (χ0v) is 21.4. The predicted molar refractivity (Wildman–Crippen MR) is 140 cm³/mol. The molecule has 4 aromatic rings. The van der Waals surface area contributed by atoms with Gasteiger partial charge >= 0.3 is 5.97 Å². The Morgan fingerprint density at radius 1 is 0.694 bits per heavy atom. The molecule has 0 spiro atoms. The maximum absolute atomic E-state index is 13.5. The molecule has 0 heterocycles. The van der Waals surface area contributed by atoms with Gasteiger partial charge in [-0.1, -0.05) is 53.0 Å². The van der Waals surface area contributed by atoms with Crippen LogP contribution in [-0.4, -0.2) is 20.3 Å². The third-order valence-electron chi connectivity index (χ3n) is 4.99. The van der Waals surface area contributed by atoms with Crippen LogP contribution in [0.25, 0.3) is 0 Å². The summed E-state index contributed by atoms with van der Waals surface area (Å²) < 4.78 is 33.1. The average Bonchev–Trinajstić information content (AvgIpc) is 2.87. The first kappa shape index (κ1) is 25.7. The van der Waals surface area contributed by atoms with Crippen LogP contribution < -0.4 is 9.04 Å². The van der Waals surface area contributed by atoms with Gasteiger partial charge in [0.1, 0.15) is 5.75 Å². The topological polar surface area (TPSA) is 80.8 Å². The van der Waals surface area contributed by atoms with E-state index in [1.54, 1.807) is 18.2 Å². The minimum atomic E-state index is -4.34. The Labute approximate surface area is 222 Å². The molecule has 0 aromatic heterocycles. The average molecular weight is 561 g/mol. The monoisotopic (exact) mass is 559 g/mol. The van der Waals surface area contributed by atoms with Gasteiger partial charge < -0.3 is 4.74 Å². The van der Waals surface area contributed by atoms with Gasteiger partial charge in [0, 0.05) is 15.6 Å². The third kappa shape index (κ3) is 5.55. The number of ether oxygens (including phenoxy) is 1. The van der Waals surface area contributed by atoms with E-state index in [1.165, 1.54) is 78.9 Å². The van der Waals surface area contributed by atoms with Crippen LogP contribution in [-0.2, 0) is 10.0 Å². The summed E-state index contributed by atoms with van der Waals surface area (Å²) in [6, 6.07) is 23.2. The van der Waals surface area contributed by atoms with Crippen molar-refractivity contribution in [3.05, 3.63) is 123 Å². The van der Waals surface area contributed by atoms with Crippen molar-refractivity contribution >= 4 is 62.4 Å². The number of anilines is 1. The number of rotatable bonds is 6. The minimum absolute atomic E-state index is 0.0173. The molecule has 0 aliphatic rings. The highest BCUT2D eigenvalue weighted by Gasteiger charge is 2.32. The van der Waals surface area contributed by atoms with Gasteiger partial charge in [-0.3, -0.25) is 4.79 Å². The molecule has 0 bridgehead atoms. The van der Waals surface area contributed by atoms with Crippen LogP contribution in [0.5, 0.6) is 5.75 Å².